The molecule has 0 aromatic heterocycles. The molecule has 0 fully saturated rings. The Hall–Kier alpha value is -2.95. The molecule has 0 heterocycles. The van der Waals surface area contributed by atoms with Gasteiger partial charge in [0, 0.05) is 17.2 Å². The van der Waals surface area contributed by atoms with E-state index in [9.17, 15) is 20.0 Å². The Morgan fingerprint density at radius 2 is 2.00 bits per heavy atom. The second-order valence-corrected chi connectivity index (χ2v) is 4.55. The number of benzene rings is 2. The molecule has 0 bridgehead atoms. The Morgan fingerprint density at radius 3 is 2.67 bits per heavy atom. The first kappa shape index (κ1) is 14.5. The second kappa shape index (κ2) is 6.00. The molecule has 2 aromatic rings. The van der Waals surface area contributed by atoms with Gasteiger partial charge < -0.3 is 5.11 Å². The van der Waals surface area contributed by atoms with Crippen LogP contribution in [-0.2, 0) is 0 Å². The first-order valence-electron chi connectivity index (χ1n) is 6.24. The number of carbonyl (C=O) groups excluding carboxylic acids is 1. The van der Waals surface area contributed by atoms with E-state index in [0.29, 0.717) is 11.1 Å². The van der Waals surface area contributed by atoms with Gasteiger partial charge in [0.1, 0.15) is 5.75 Å². The van der Waals surface area contributed by atoms with E-state index in [0.717, 1.165) is 0 Å². The maximum atomic E-state index is 12.0. The number of nitrogens with zero attached hydrogens (tertiary/aromatic N) is 1. The lowest BCUT2D eigenvalue weighted by molar-refractivity contribution is -0.385. The zero-order valence-corrected chi connectivity index (χ0v) is 11.3. The minimum Gasteiger partial charge on any atom is -0.508 e. The van der Waals surface area contributed by atoms with Crippen LogP contribution in [0.2, 0.25) is 0 Å². The molecule has 0 unspecified atom stereocenters. The number of hydrogen-bond donors (Lipinski definition) is 1. The monoisotopic (exact) mass is 283 g/mol. The second-order valence-electron chi connectivity index (χ2n) is 4.55. The van der Waals surface area contributed by atoms with Gasteiger partial charge in [-0.15, -0.1) is 0 Å². The molecule has 21 heavy (non-hydrogen) atoms. The van der Waals surface area contributed by atoms with E-state index in [1.807, 2.05) is 0 Å². The van der Waals surface area contributed by atoms with Crippen molar-refractivity contribution >= 4 is 17.5 Å². The third-order valence-corrected chi connectivity index (χ3v) is 2.99. The highest BCUT2D eigenvalue weighted by molar-refractivity contribution is 6.07. The fraction of sp³-hybridized carbons (Fsp3) is 0.0625. The number of hydrogen-bond acceptors (Lipinski definition) is 4. The average Bonchev–Trinajstić information content (AvgIpc) is 2.45. The molecule has 5 heteroatoms. The number of rotatable bonds is 4. The number of phenolic OH excluding ortho intramolecular Hbond substituents is 1. The Balaban J connectivity index is 2.25. The first-order chi connectivity index (χ1) is 9.97. The summed E-state index contributed by atoms with van der Waals surface area (Å²) in [7, 11) is 0. The number of allylic oxidation sites excluding steroid dienone is 1. The SMILES string of the molecule is Cc1ccc(C(=O)/C=C/c2cccc(O)c2)cc1[N+](=O)[O-]. The molecule has 5 nitrogen and oxygen atoms in total. The van der Waals surface area contributed by atoms with E-state index in [2.05, 4.69) is 0 Å². The fourth-order valence-electron chi connectivity index (χ4n) is 1.86. The molecule has 0 saturated carbocycles. The third-order valence-electron chi connectivity index (χ3n) is 2.99. The number of aromatic hydroxyl groups is 1. The number of nitro benzene ring substituents is 1. The summed E-state index contributed by atoms with van der Waals surface area (Å²) in [5.41, 5.74) is 1.36. The molecule has 0 saturated heterocycles. The molecular weight excluding hydrogens is 270 g/mol. The summed E-state index contributed by atoms with van der Waals surface area (Å²) in [4.78, 5) is 22.4. The van der Waals surface area contributed by atoms with Gasteiger partial charge in [-0.25, -0.2) is 0 Å². The largest absolute Gasteiger partial charge is 0.508 e. The lowest BCUT2D eigenvalue weighted by atomic mass is 10.1. The normalized spacial score (nSPS) is 10.7. The van der Waals surface area contributed by atoms with Gasteiger partial charge in [-0.1, -0.05) is 30.3 Å². The highest BCUT2D eigenvalue weighted by Gasteiger charge is 2.13. The van der Waals surface area contributed by atoms with E-state index < -0.39 is 4.92 Å². The quantitative estimate of drug-likeness (QED) is 0.403. The zero-order chi connectivity index (χ0) is 15.4. The van der Waals surface area contributed by atoms with Crippen molar-refractivity contribution in [2.45, 2.75) is 6.92 Å². The Morgan fingerprint density at radius 1 is 1.24 bits per heavy atom. The maximum Gasteiger partial charge on any atom is 0.273 e. The molecule has 0 aliphatic heterocycles. The topological polar surface area (TPSA) is 80.4 Å². The van der Waals surface area contributed by atoms with Crippen LogP contribution in [0.15, 0.2) is 48.5 Å². The summed E-state index contributed by atoms with van der Waals surface area (Å²) in [6, 6.07) is 10.8. The molecule has 0 spiro atoms. The predicted molar refractivity (Wildman–Crippen MR) is 79.3 cm³/mol. The molecule has 0 amide bonds. The van der Waals surface area contributed by atoms with Crippen molar-refractivity contribution < 1.29 is 14.8 Å². The van der Waals surface area contributed by atoms with E-state index in [4.69, 9.17) is 0 Å². The standard InChI is InChI=1S/C16H13NO4/c1-11-5-7-13(10-15(11)17(20)21)16(19)8-6-12-3-2-4-14(18)9-12/h2-10,18H,1H3/b8-6+. The van der Waals surface area contributed by atoms with Crippen molar-refractivity contribution in [2.24, 2.45) is 0 Å². The van der Waals surface area contributed by atoms with Gasteiger partial charge in [-0.2, -0.15) is 0 Å². The van der Waals surface area contributed by atoms with Crippen LogP contribution in [0.1, 0.15) is 21.5 Å². The number of aryl methyl sites for hydroxylation is 1. The highest BCUT2D eigenvalue weighted by atomic mass is 16.6. The van der Waals surface area contributed by atoms with Crippen LogP contribution in [0.4, 0.5) is 5.69 Å². The van der Waals surface area contributed by atoms with Crippen LogP contribution < -0.4 is 0 Å². The summed E-state index contributed by atoms with van der Waals surface area (Å²) in [6.07, 6.45) is 2.87. The number of phenols is 1. The van der Waals surface area contributed by atoms with Crippen molar-refractivity contribution in [1.29, 1.82) is 0 Å². The van der Waals surface area contributed by atoms with Crippen LogP contribution in [0.3, 0.4) is 0 Å². The molecule has 0 atom stereocenters. The Bertz CT molecular complexity index is 735. The molecule has 0 aliphatic carbocycles. The van der Waals surface area contributed by atoms with Crippen molar-refractivity contribution in [1.82, 2.24) is 0 Å². The molecule has 1 N–H and O–H groups in total. The summed E-state index contributed by atoms with van der Waals surface area (Å²) in [5.74, 6) is -0.225. The predicted octanol–water partition coefficient (Wildman–Crippen LogP) is 3.50. The van der Waals surface area contributed by atoms with Crippen LogP contribution in [0.25, 0.3) is 6.08 Å². The van der Waals surface area contributed by atoms with Crippen molar-refractivity contribution in [3.8, 4) is 5.75 Å². The molecule has 2 rings (SSSR count). The van der Waals surface area contributed by atoms with Crippen molar-refractivity contribution in [3.63, 3.8) is 0 Å². The third kappa shape index (κ3) is 3.54. The van der Waals surface area contributed by atoms with Crippen molar-refractivity contribution in [3.05, 3.63) is 75.3 Å². The summed E-state index contributed by atoms with van der Waals surface area (Å²) in [5, 5.41) is 20.2. The minimum atomic E-state index is -0.509. The minimum absolute atomic E-state index is 0.0772. The molecule has 106 valence electrons. The highest BCUT2D eigenvalue weighted by Crippen LogP contribution is 2.20. The van der Waals surface area contributed by atoms with Gasteiger partial charge in [0.05, 0.1) is 4.92 Å². The molecule has 2 aromatic carbocycles. The van der Waals surface area contributed by atoms with Gasteiger partial charge in [0.25, 0.3) is 5.69 Å². The van der Waals surface area contributed by atoms with Gasteiger partial charge in [-0.05, 0) is 30.7 Å². The lowest BCUT2D eigenvalue weighted by Crippen LogP contribution is -1.98. The van der Waals surface area contributed by atoms with Crippen LogP contribution in [0, 0.1) is 17.0 Å². The van der Waals surface area contributed by atoms with Crippen LogP contribution in [-0.4, -0.2) is 15.8 Å². The Labute approximate surface area is 121 Å². The van der Waals surface area contributed by atoms with Gasteiger partial charge in [0.15, 0.2) is 5.78 Å². The number of ketones is 1. The summed E-state index contributed by atoms with van der Waals surface area (Å²) >= 11 is 0. The fourth-order valence-corrected chi connectivity index (χ4v) is 1.86. The van der Waals surface area contributed by atoms with Gasteiger partial charge >= 0.3 is 0 Å². The summed E-state index contributed by atoms with van der Waals surface area (Å²) < 4.78 is 0. The van der Waals surface area contributed by atoms with Crippen LogP contribution in [0.5, 0.6) is 5.75 Å². The van der Waals surface area contributed by atoms with Crippen LogP contribution >= 0.6 is 0 Å². The first-order valence-corrected chi connectivity index (χ1v) is 6.24. The smallest absolute Gasteiger partial charge is 0.273 e. The van der Waals surface area contributed by atoms with E-state index in [1.165, 1.54) is 24.3 Å². The molecular formula is C16H13NO4. The Kier molecular flexibility index (Phi) is 4.13. The average molecular weight is 283 g/mol. The number of carbonyl (C=O) groups is 1. The molecule has 0 radical (unpaired) electrons. The van der Waals surface area contributed by atoms with Gasteiger partial charge in [0.2, 0.25) is 0 Å². The van der Waals surface area contributed by atoms with E-state index in [1.54, 1.807) is 37.3 Å². The summed E-state index contributed by atoms with van der Waals surface area (Å²) in [6.45, 7) is 1.62. The maximum absolute atomic E-state index is 12.0. The van der Waals surface area contributed by atoms with E-state index in [-0.39, 0.29) is 22.8 Å². The zero-order valence-electron chi connectivity index (χ0n) is 11.3. The molecule has 0 aliphatic rings. The van der Waals surface area contributed by atoms with E-state index >= 15 is 0 Å². The lowest BCUT2D eigenvalue weighted by Gasteiger charge is -2.00. The van der Waals surface area contributed by atoms with Gasteiger partial charge in [-0.3, -0.25) is 14.9 Å². The number of nitro groups is 1. The van der Waals surface area contributed by atoms with Crippen molar-refractivity contribution in [2.75, 3.05) is 0 Å².